The highest BCUT2D eigenvalue weighted by molar-refractivity contribution is 5.71. The Bertz CT molecular complexity index is 1230. The SMILES string of the molecule is CCCCCCCC/C=C\CCCCCCCCCCCC(=O)OC(COC(=O)CCCCCCCCCCCCCCCCC)COC(=O)CCCCCCCCCCCCCCCCCCCCCCCCCCCCC. The number of hydrogen-bond donors (Lipinski definition) is 0. The Kier molecular flexibility index (Phi) is 67.0. The van der Waals surface area contributed by atoms with Gasteiger partial charge in [0.05, 0.1) is 0 Å². The molecule has 0 rings (SSSR count). The third-order valence-electron chi connectivity index (χ3n) is 16.8. The molecule has 0 heterocycles. The summed E-state index contributed by atoms with van der Waals surface area (Å²) in [5.41, 5.74) is 0. The van der Waals surface area contributed by atoms with Gasteiger partial charge in [-0.2, -0.15) is 0 Å². The topological polar surface area (TPSA) is 78.9 Å². The second-order valence-corrected chi connectivity index (χ2v) is 24.9. The summed E-state index contributed by atoms with van der Waals surface area (Å²) < 4.78 is 17.0. The lowest BCUT2D eigenvalue weighted by molar-refractivity contribution is -0.167. The number of ether oxygens (including phenoxy) is 3. The summed E-state index contributed by atoms with van der Waals surface area (Å²) in [5.74, 6) is -0.829. The maximum Gasteiger partial charge on any atom is 0.306 e. The van der Waals surface area contributed by atoms with Crippen molar-refractivity contribution in [2.75, 3.05) is 13.2 Å². The van der Waals surface area contributed by atoms with Crippen molar-refractivity contribution in [2.24, 2.45) is 0 Å². The second-order valence-electron chi connectivity index (χ2n) is 24.9. The fraction of sp³-hybridized carbons (Fsp3) is 0.932. The quantitative estimate of drug-likeness (QED) is 0.0261. The van der Waals surface area contributed by atoms with Crippen LogP contribution in [-0.4, -0.2) is 37.2 Å². The molecule has 0 spiro atoms. The minimum absolute atomic E-state index is 0.0637. The Balaban J connectivity index is 4.20. The Hall–Kier alpha value is -1.85. The molecule has 1 unspecified atom stereocenters. The molecule has 0 aliphatic heterocycles. The first kappa shape index (κ1) is 77.2. The van der Waals surface area contributed by atoms with Crippen LogP contribution < -0.4 is 0 Å². The molecule has 6 nitrogen and oxygen atoms in total. The third-order valence-corrected chi connectivity index (χ3v) is 16.8. The summed E-state index contributed by atoms with van der Waals surface area (Å²) in [4.78, 5) is 38.4. The Morgan fingerprint density at radius 1 is 0.241 bits per heavy atom. The first-order valence-electron chi connectivity index (χ1n) is 36.2. The molecule has 0 radical (unpaired) electrons. The molecule has 0 aromatic heterocycles. The number of esters is 3. The van der Waals surface area contributed by atoms with E-state index in [0.717, 1.165) is 57.8 Å². The summed E-state index contributed by atoms with van der Waals surface area (Å²) in [6.45, 7) is 6.73. The lowest BCUT2D eigenvalue weighted by Crippen LogP contribution is -2.30. The van der Waals surface area contributed by atoms with Crippen molar-refractivity contribution >= 4 is 17.9 Å². The van der Waals surface area contributed by atoms with Gasteiger partial charge >= 0.3 is 17.9 Å². The van der Waals surface area contributed by atoms with E-state index in [4.69, 9.17) is 14.2 Å². The lowest BCUT2D eigenvalue weighted by Gasteiger charge is -2.18. The highest BCUT2D eigenvalue weighted by Gasteiger charge is 2.19. The van der Waals surface area contributed by atoms with E-state index in [1.165, 1.54) is 321 Å². The average Bonchev–Trinajstić information content (AvgIpc) is 3.45. The van der Waals surface area contributed by atoms with Crippen LogP contribution in [0.3, 0.4) is 0 Å². The van der Waals surface area contributed by atoms with Crippen LogP contribution in [0.2, 0.25) is 0 Å². The maximum absolute atomic E-state index is 12.9. The smallest absolute Gasteiger partial charge is 0.306 e. The van der Waals surface area contributed by atoms with Gasteiger partial charge in [0.15, 0.2) is 6.10 Å². The zero-order chi connectivity index (χ0) is 57.1. The van der Waals surface area contributed by atoms with Crippen LogP contribution in [0.25, 0.3) is 0 Å². The first-order chi connectivity index (χ1) is 39.0. The van der Waals surface area contributed by atoms with E-state index in [1.807, 2.05) is 0 Å². The van der Waals surface area contributed by atoms with Gasteiger partial charge in [0.1, 0.15) is 13.2 Å². The zero-order valence-corrected chi connectivity index (χ0v) is 53.9. The zero-order valence-electron chi connectivity index (χ0n) is 53.9. The number of carbonyl (C=O) groups is 3. The normalized spacial score (nSPS) is 12.0. The van der Waals surface area contributed by atoms with Crippen LogP contribution in [0.15, 0.2) is 12.2 Å². The van der Waals surface area contributed by atoms with Crippen molar-refractivity contribution in [3.05, 3.63) is 12.2 Å². The second kappa shape index (κ2) is 68.6. The van der Waals surface area contributed by atoms with Crippen LogP contribution in [-0.2, 0) is 28.6 Å². The molecule has 1 atom stereocenters. The predicted octanol–water partition coefficient (Wildman–Crippen LogP) is 24.8. The number of rotatable bonds is 68. The number of unbranched alkanes of at least 4 members (excludes halogenated alkanes) is 55. The maximum atomic E-state index is 12.9. The summed E-state index contributed by atoms with van der Waals surface area (Å²) in [6.07, 6.45) is 82.5. The van der Waals surface area contributed by atoms with E-state index in [9.17, 15) is 14.4 Å². The van der Waals surface area contributed by atoms with E-state index < -0.39 is 6.10 Å². The van der Waals surface area contributed by atoms with E-state index in [2.05, 4.69) is 32.9 Å². The predicted molar refractivity (Wildman–Crippen MR) is 344 cm³/mol. The molecule has 0 amide bonds. The summed E-state index contributed by atoms with van der Waals surface area (Å²) in [6, 6.07) is 0. The van der Waals surface area contributed by atoms with Crippen molar-refractivity contribution in [1.29, 1.82) is 0 Å². The van der Waals surface area contributed by atoms with Gasteiger partial charge in [-0.1, -0.05) is 367 Å². The van der Waals surface area contributed by atoms with E-state index in [-0.39, 0.29) is 31.1 Å². The summed E-state index contributed by atoms with van der Waals surface area (Å²) in [5, 5.41) is 0. The molecule has 0 bridgehead atoms. The van der Waals surface area contributed by atoms with Gasteiger partial charge in [-0.05, 0) is 44.9 Å². The molecule has 0 aliphatic carbocycles. The molecular formula is C73H140O6. The van der Waals surface area contributed by atoms with Gasteiger partial charge in [0, 0.05) is 19.3 Å². The fourth-order valence-electron chi connectivity index (χ4n) is 11.3. The number of hydrogen-bond acceptors (Lipinski definition) is 6. The molecule has 0 saturated carbocycles. The molecule has 0 N–H and O–H groups in total. The van der Waals surface area contributed by atoms with Crippen molar-refractivity contribution < 1.29 is 28.6 Å². The van der Waals surface area contributed by atoms with Crippen LogP contribution in [0.4, 0.5) is 0 Å². The Morgan fingerprint density at radius 3 is 0.633 bits per heavy atom. The Labute approximate surface area is 494 Å². The minimum Gasteiger partial charge on any atom is -0.462 e. The van der Waals surface area contributed by atoms with Crippen molar-refractivity contribution in [3.8, 4) is 0 Å². The molecule has 0 aliphatic rings. The van der Waals surface area contributed by atoms with Gasteiger partial charge in [0.2, 0.25) is 0 Å². The van der Waals surface area contributed by atoms with E-state index >= 15 is 0 Å². The summed E-state index contributed by atoms with van der Waals surface area (Å²) in [7, 11) is 0. The number of carbonyl (C=O) groups excluding carboxylic acids is 3. The van der Waals surface area contributed by atoms with Crippen LogP contribution in [0.5, 0.6) is 0 Å². The molecule has 0 fully saturated rings. The van der Waals surface area contributed by atoms with E-state index in [1.54, 1.807) is 0 Å². The largest absolute Gasteiger partial charge is 0.462 e. The highest BCUT2D eigenvalue weighted by atomic mass is 16.6. The molecule has 6 heteroatoms. The third kappa shape index (κ3) is 66.8. The molecule has 79 heavy (non-hydrogen) atoms. The van der Waals surface area contributed by atoms with Gasteiger partial charge in [-0.3, -0.25) is 14.4 Å². The van der Waals surface area contributed by atoms with Crippen LogP contribution >= 0.6 is 0 Å². The molecule has 468 valence electrons. The summed E-state index contributed by atoms with van der Waals surface area (Å²) >= 11 is 0. The lowest BCUT2D eigenvalue weighted by atomic mass is 10.0. The molecule has 0 saturated heterocycles. The van der Waals surface area contributed by atoms with Gasteiger partial charge in [-0.25, -0.2) is 0 Å². The van der Waals surface area contributed by atoms with E-state index in [0.29, 0.717) is 19.3 Å². The van der Waals surface area contributed by atoms with Crippen molar-refractivity contribution in [2.45, 2.75) is 425 Å². The van der Waals surface area contributed by atoms with Gasteiger partial charge < -0.3 is 14.2 Å². The standard InChI is InChI=1S/C73H140O6/c1-4-7-10-13-16-19-22-25-28-30-32-33-34-35-36-37-38-39-41-42-45-48-51-54-57-60-63-66-72(75)78-69-70(68-77-71(74)65-62-59-56-53-50-47-44-27-24-21-18-15-12-9-6-3)79-73(76)67-64-61-58-55-52-49-46-43-40-31-29-26-23-20-17-14-11-8-5-2/h26,29,70H,4-25,27-28,30-69H2,1-3H3/b29-26-. The fourth-order valence-corrected chi connectivity index (χ4v) is 11.3. The van der Waals surface area contributed by atoms with Crippen LogP contribution in [0.1, 0.15) is 419 Å². The van der Waals surface area contributed by atoms with Gasteiger partial charge in [-0.15, -0.1) is 0 Å². The highest BCUT2D eigenvalue weighted by Crippen LogP contribution is 2.19. The molecule has 0 aromatic rings. The first-order valence-corrected chi connectivity index (χ1v) is 36.2. The minimum atomic E-state index is -0.768. The number of allylic oxidation sites excluding steroid dienone is 2. The monoisotopic (exact) mass is 1110 g/mol. The average molecular weight is 1110 g/mol. The molecule has 0 aromatic carbocycles. The van der Waals surface area contributed by atoms with Crippen molar-refractivity contribution in [1.82, 2.24) is 0 Å². The Morgan fingerprint density at radius 2 is 0.418 bits per heavy atom. The van der Waals surface area contributed by atoms with Crippen molar-refractivity contribution in [3.63, 3.8) is 0 Å². The van der Waals surface area contributed by atoms with Gasteiger partial charge in [0.25, 0.3) is 0 Å². The van der Waals surface area contributed by atoms with Crippen LogP contribution in [0, 0.1) is 0 Å². The molecular weight excluding hydrogens is 973 g/mol.